The Kier molecular flexibility index (Phi) is 6.72. The van der Waals surface area contributed by atoms with E-state index in [1.165, 1.54) is 36.9 Å². The molecule has 5 rings (SSSR count). The van der Waals surface area contributed by atoms with Gasteiger partial charge in [0, 0.05) is 19.0 Å². The molecule has 0 aliphatic heterocycles. The minimum Gasteiger partial charge on any atom is -0.315 e. The number of rotatable bonds is 10. The van der Waals surface area contributed by atoms with Crippen LogP contribution in [-0.2, 0) is 0 Å². The molecule has 2 heteroatoms. The highest BCUT2D eigenvalue weighted by atomic mass is 14.9. The van der Waals surface area contributed by atoms with Crippen molar-refractivity contribution in [1.82, 2.24) is 10.6 Å². The maximum absolute atomic E-state index is 3.74. The van der Waals surface area contributed by atoms with Crippen molar-refractivity contribution in [2.75, 3.05) is 26.2 Å². The Labute approximate surface area is 177 Å². The number of hydrogen-bond acceptors (Lipinski definition) is 2. The van der Waals surface area contributed by atoms with Crippen LogP contribution in [0.15, 0.2) is 60.7 Å². The summed E-state index contributed by atoms with van der Waals surface area (Å²) in [7, 11) is 0. The summed E-state index contributed by atoms with van der Waals surface area (Å²) < 4.78 is 0. The van der Waals surface area contributed by atoms with Crippen molar-refractivity contribution in [2.24, 2.45) is 23.2 Å². The molecule has 2 N–H and O–H groups in total. The lowest BCUT2D eigenvalue weighted by Gasteiger charge is -2.60. The monoisotopic (exact) mass is 390 g/mol. The molecule has 0 radical (unpaired) electrons. The standard InChI is InChI=1S/C27H38N2/c1-27(2)24-14-13-23(26(27)19-24)20-29-18-17-28-16-15-25(21-9-5-3-6-10-21)22-11-7-4-8-12-22/h3-12,23-26,28-29H,13-20H2,1-2H3/t23?,24-,26?/m0/s1. The summed E-state index contributed by atoms with van der Waals surface area (Å²) in [4.78, 5) is 0. The highest BCUT2D eigenvalue weighted by Gasteiger charge is 2.53. The topological polar surface area (TPSA) is 24.1 Å². The van der Waals surface area contributed by atoms with Gasteiger partial charge in [-0.05, 0) is 73.1 Å². The first-order chi connectivity index (χ1) is 14.2. The average Bonchev–Trinajstić information content (AvgIpc) is 2.77. The van der Waals surface area contributed by atoms with Gasteiger partial charge in [0.05, 0.1) is 0 Å². The zero-order valence-corrected chi connectivity index (χ0v) is 18.2. The average molecular weight is 391 g/mol. The van der Waals surface area contributed by atoms with Crippen molar-refractivity contribution >= 4 is 0 Å². The Hall–Kier alpha value is -1.64. The molecule has 3 fully saturated rings. The van der Waals surface area contributed by atoms with E-state index in [0.29, 0.717) is 11.3 Å². The fraction of sp³-hybridized carbons (Fsp3) is 0.556. The van der Waals surface area contributed by atoms with Gasteiger partial charge in [0.25, 0.3) is 0 Å². The molecular formula is C27H38N2. The molecule has 0 saturated heterocycles. The second-order valence-corrected chi connectivity index (χ2v) is 9.81. The van der Waals surface area contributed by atoms with Crippen molar-refractivity contribution in [3.63, 3.8) is 0 Å². The first-order valence-electron chi connectivity index (χ1n) is 11.7. The van der Waals surface area contributed by atoms with E-state index in [0.717, 1.165) is 43.8 Å². The third kappa shape index (κ3) is 4.75. The van der Waals surface area contributed by atoms with E-state index in [1.54, 1.807) is 0 Å². The van der Waals surface area contributed by atoms with Crippen LogP contribution in [0.3, 0.4) is 0 Å². The van der Waals surface area contributed by atoms with Gasteiger partial charge in [-0.3, -0.25) is 0 Å². The molecule has 3 aliphatic rings. The van der Waals surface area contributed by atoms with Gasteiger partial charge >= 0.3 is 0 Å². The molecular weight excluding hydrogens is 352 g/mol. The van der Waals surface area contributed by atoms with Crippen LogP contribution >= 0.6 is 0 Å². The molecule has 2 nitrogen and oxygen atoms in total. The summed E-state index contributed by atoms with van der Waals surface area (Å²) in [6.07, 6.45) is 5.51. The zero-order valence-electron chi connectivity index (χ0n) is 18.2. The zero-order chi connectivity index (χ0) is 20.1. The highest BCUT2D eigenvalue weighted by Crippen LogP contribution is 2.61. The van der Waals surface area contributed by atoms with Gasteiger partial charge in [-0.15, -0.1) is 0 Å². The van der Waals surface area contributed by atoms with E-state index in [-0.39, 0.29) is 0 Å². The van der Waals surface area contributed by atoms with Crippen LogP contribution < -0.4 is 10.6 Å². The normalized spacial score (nSPS) is 25.0. The van der Waals surface area contributed by atoms with Crippen LogP contribution in [0.5, 0.6) is 0 Å². The van der Waals surface area contributed by atoms with Crippen LogP contribution in [-0.4, -0.2) is 26.2 Å². The SMILES string of the molecule is CC1(C)C2C[C@@H]1CCC2CNCCNCCC(c1ccccc1)c1ccccc1. The summed E-state index contributed by atoms with van der Waals surface area (Å²) in [6.45, 7) is 9.38. The molecule has 2 unspecified atom stereocenters. The van der Waals surface area contributed by atoms with Crippen molar-refractivity contribution in [3.8, 4) is 0 Å². The van der Waals surface area contributed by atoms with Crippen molar-refractivity contribution in [2.45, 2.75) is 45.4 Å². The van der Waals surface area contributed by atoms with Crippen LogP contribution in [0.25, 0.3) is 0 Å². The molecule has 156 valence electrons. The third-order valence-corrected chi connectivity index (χ3v) is 7.90. The van der Waals surface area contributed by atoms with Gasteiger partial charge in [0.15, 0.2) is 0 Å². The van der Waals surface area contributed by atoms with Crippen molar-refractivity contribution < 1.29 is 0 Å². The number of fused-ring (bicyclic) bond motifs is 2. The summed E-state index contributed by atoms with van der Waals surface area (Å²) in [6, 6.07) is 21.9. The highest BCUT2D eigenvalue weighted by molar-refractivity contribution is 5.32. The van der Waals surface area contributed by atoms with E-state index in [2.05, 4.69) is 85.1 Å². The summed E-state index contributed by atoms with van der Waals surface area (Å²) in [5, 5.41) is 7.40. The second-order valence-electron chi connectivity index (χ2n) is 9.81. The van der Waals surface area contributed by atoms with E-state index in [9.17, 15) is 0 Å². The molecule has 2 bridgehead atoms. The van der Waals surface area contributed by atoms with Gasteiger partial charge in [-0.1, -0.05) is 74.5 Å². The molecule has 3 aliphatic carbocycles. The lowest BCUT2D eigenvalue weighted by Crippen LogP contribution is -2.54. The van der Waals surface area contributed by atoms with Gasteiger partial charge in [-0.2, -0.15) is 0 Å². The van der Waals surface area contributed by atoms with Crippen LogP contribution in [0.2, 0.25) is 0 Å². The molecule has 2 aromatic rings. The number of nitrogens with one attached hydrogen (secondary N) is 2. The third-order valence-electron chi connectivity index (χ3n) is 7.90. The number of hydrogen-bond donors (Lipinski definition) is 2. The van der Waals surface area contributed by atoms with Gasteiger partial charge in [-0.25, -0.2) is 0 Å². The first kappa shape index (κ1) is 20.6. The smallest absolute Gasteiger partial charge is 0.0101 e. The number of benzene rings is 2. The minimum absolute atomic E-state index is 0.467. The quantitative estimate of drug-likeness (QED) is 0.526. The van der Waals surface area contributed by atoms with Gasteiger partial charge in [0.1, 0.15) is 0 Å². The molecule has 29 heavy (non-hydrogen) atoms. The second kappa shape index (κ2) is 9.45. The lowest BCUT2D eigenvalue weighted by molar-refractivity contribution is -0.103. The maximum Gasteiger partial charge on any atom is 0.0101 e. The van der Waals surface area contributed by atoms with Gasteiger partial charge in [0.2, 0.25) is 0 Å². The Bertz CT molecular complexity index is 698. The van der Waals surface area contributed by atoms with Crippen LogP contribution in [0.1, 0.15) is 56.6 Å². The Morgan fingerprint density at radius 2 is 1.45 bits per heavy atom. The Morgan fingerprint density at radius 3 is 2.03 bits per heavy atom. The van der Waals surface area contributed by atoms with E-state index < -0.39 is 0 Å². The van der Waals surface area contributed by atoms with Gasteiger partial charge < -0.3 is 10.6 Å². The largest absolute Gasteiger partial charge is 0.315 e. The van der Waals surface area contributed by atoms with E-state index in [4.69, 9.17) is 0 Å². The fourth-order valence-corrected chi connectivity index (χ4v) is 5.94. The van der Waals surface area contributed by atoms with Crippen LogP contribution in [0.4, 0.5) is 0 Å². The minimum atomic E-state index is 0.467. The molecule has 0 heterocycles. The summed E-state index contributed by atoms with van der Waals surface area (Å²) >= 11 is 0. The summed E-state index contributed by atoms with van der Waals surface area (Å²) in [5.41, 5.74) is 3.43. The molecule has 2 aromatic carbocycles. The predicted octanol–water partition coefficient (Wildman–Crippen LogP) is 5.46. The molecule has 0 aromatic heterocycles. The molecule has 3 saturated carbocycles. The van der Waals surface area contributed by atoms with Crippen molar-refractivity contribution in [3.05, 3.63) is 71.8 Å². The molecule has 0 amide bonds. The Balaban J connectivity index is 1.17. The predicted molar refractivity (Wildman–Crippen MR) is 123 cm³/mol. The van der Waals surface area contributed by atoms with Crippen molar-refractivity contribution in [1.29, 1.82) is 0 Å². The Morgan fingerprint density at radius 1 is 0.828 bits per heavy atom. The fourth-order valence-electron chi connectivity index (χ4n) is 5.94. The molecule has 3 atom stereocenters. The van der Waals surface area contributed by atoms with E-state index >= 15 is 0 Å². The maximum atomic E-state index is 3.74. The summed E-state index contributed by atoms with van der Waals surface area (Å²) in [5.74, 6) is 3.33. The first-order valence-corrected chi connectivity index (χ1v) is 11.7. The van der Waals surface area contributed by atoms with E-state index in [1.807, 2.05) is 0 Å². The lowest BCUT2D eigenvalue weighted by atomic mass is 9.45. The molecule has 0 spiro atoms. The van der Waals surface area contributed by atoms with Crippen LogP contribution in [0, 0.1) is 23.2 Å².